The molecule has 5 nitrogen and oxygen atoms in total. The largest absolute Gasteiger partial charge is 0.368 e. The molecule has 0 bridgehead atoms. The summed E-state index contributed by atoms with van der Waals surface area (Å²) < 4.78 is 0. The molecule has 2 aromatic carbocycles. The number of rotatable bonds is 5. The van der Waals surface area contributed by atoms with E-state index in [-0.39, 0.29) is 0 Å². The Morgan fingerprint density at radius 3 is 2.44 bits per heavy atom. The molecule has 0 spiro atoms. The monoisotopic (exact) mass is 379 g/mol. The highest BCUT2D eigenvalue weighted by Crippen LogP contribution is 2.22. The number of nitrogens with zero attached hydrogens (tertiary/aromatic N) is 4. The lowest BCUT2D eigenvalue weighted by Crippen LogP contribution is -2.47. The molecule has 1 fully saturated rings. The van der Waals surface area contributed by atoms with Crippen molar-refractivity contribution in [2.24, 2.45) is 0 Å². The van der Waals surface area contributed by atoms with E-state index in [0.29, 0.717) is 0 Å². The van der Waals surface area contributed by atoms with Crippen molar-refractivity contribution in [1.29, 1.82) is 0 Å². The Morgan fingerprint density at radius 1 is 0.889 bits per heavy atom. The van der Waals surface area contributed by atoms with Gasteiger partial charge in [0.1, 0.15) is 5.82 Å². The summed E-state index contributed by atoms with van der Waals surface area (Å²) in [7, 11) is 0. The lowest BCUT2D eigenvalue weighted by molar-refractivity contribution is 0.640. The summed E-state index contributed by atoms with van der Waals surface area (Å²) in [5.74, 6) is 1.62. The van der Waals surface area contributed by atoms with Gasteiger partial charge in [0.2, 0.25) is 5.95 Å². The summed E-state index contributed by atoms with van der Waals surface area (Å²) in [4.78, 5) is 13.7. The van der Waals surface area contributed by atoms with E-state index in [1.165, 1.54) is 11.3 Å². The van der Waals surface area contributed by atoms with Gasteiger partial charge in [0, 0.05) is 49.6 Å². The van der Waals surface area contributed by atoms with Crippen LogP contribution in [0, 0.1) is 0 Å². The third-order valence-corrected chi connectivity index (χ3v) is 4.93. The Labute approximate surface area is 164 Å². The third kappa shape index (κ3) is 4.49. The van der Waals surface area contributed by atoms with Crippen molar-refractivity contribution in [3.63, 3.8) is 0 Å². The van der Waals surface area contributed by atoms with E-state index in [1.54, 1.807) is 0 Å². The number of nitrogens with one attached hydrogen (secondary N) is 1. The second-order valence-corrected chi connectivity index (χ2v) is 6.97. The fourth-order valence-corrected chi connectivity index (χ4v) is 3.41. The molecular weight excluding hydrogens is 358 g/mol. The molecule has 0 amide bonds. The van der Waals surface area contributed by atoms with Gasteiger partial charge in [0.15, 0.2) is 0 Å². The van der Waals surface area contributed by atoms with E-state index in [1.807, 2.05) is 48.7 Å². The summed E-state index contributed by atoms with van der Waals surface area (Å²) in [5.41, 5.74) is 2.40. The predicted octanol–water partition coefficient (Wildman–Crippen LogP) is 4.07. The Hall–Kier alpha value is -2.79. The molecule has 3 aromatic rings. The van der Waals surface area contributed by atoms with Crippen LogP contribution in [0.2, 0.25) is 5.02 Å². The number of aromatic nitrogens is 2. The molecule has 1 aromatic heterocycles. The lowest BCUT2D eigenvalue weighted by Gasteiger charge is -2.36. The van der Waals surface area contributed by atoms with Crippen LogP contribution in [-0.2, 0) is 6.54 Å². The highest BCUT2D eigenvalue weighted by molar-refractivity contribution is 6.30. The van der Waals surface area contributed by atoms with Gasteiger partial charge < -0.3 is 15.1 Å². The topological polar surface area (TPSA) is 44.3 Å². The zero-order chi connectivity index (χ0) is 18.5. The minimum Gasteiger partial charge on any atom is -0.368 e. The van der Waals surface area contributed by atoms with Gasteiger partial charge in [-0.05, 0) is 29.8 Å². The molecular formula is C21H22ClN5. The molecule has 1 aliphatic heterocycles. The van der Waals surface area contributed by atoms with Crippen LogP contribution >= 0.6 is 11.6 Å². The normalized spacial score (nSPS) is 14.3. The Balaban J connectivity index is 1.37. The number of hydrogen-bond donors (Lipinski definition) is 1. The van der Waals surface area contributed by atoms with Gasteiger partial charge in [0.05, 0.1) is 0 Å². The summed E-state index contributed by atoms with van der Waals surface area (Å²) in [6.45, 7) is 4.36. The number of piperazine rings is 1. The van der Waals surface area contributed by atoms with Crippen molar-refractivity contribution in [2.45, 2.75) is 6.54 Å². The Bertz CT molecular complexity index is 879. The molecule has 1 saturated heterocycles. The maximum atomic E-state index is 6.12. The lowest BCUT2D eigenvalue weighted by atomic mass is 10.2. The first-order valence-electron chi connectivity index (χ1n) is 9.14. The van der Waals surface area contributed by atoms with E-state index in [2.05, 4.69) is 43.3 Å². The zero-order valence-corrected chi connectivity index (χ0v) is 15.8. The minimum atomic E-state index is 0.750. The molecule has 0 aliphatic carbocycles. The molecule has 0 atom stereocenters. The first-order chi connectivity index (χ1) is 13.3. The quantitative estimate of drug-likeness (QED) is 0.724. The Morgan fingerprint density at radius 2 is 1.67 bits per heavy atom. The number of hydrogen-bond acceptors (Lipinski definition) is 5. The van der Waals surface area contributed by atoms with Crippen LogP contribution in [0.5, 0.6) is 0 Å². The van der Waals surface area contributed by atoms with Crippen LogP contribution in [0.25, 0.3) is 0 Å². The van der Waals surface area contributed by atoms with Gasteiger partial charge in [-0.25, -0.2) is 4.98 Å². The van der Waals surface area contributed by atoms with Gasteiger partial charge in [-0.15, -0.1) is 0 Å². The maximum Gasteiger partial charge on any atom is 0.227 e. The minimum absolute atomic E-state index is 0.750. The fourth-order valence-electron chi connectivity index (χ4n) is 3.23. The fraction of sp³-hybridized carbons (Fsp3) is 0.238. The van der Waals surface area contributed by atoms with Crippen LogP contribution < -0.4 is 15.1 Å². The van der Waals surface area contributed by atoms with Crippen LogP contribution in [-0.4, -0.2) is 36.1 Å². The average Bonchev–Trinajstić information content (AvgIpc) is 2.73. The van der Waals surface area contributed by atoms with Gasteiger partial charge in [-0.2, -0.15) is 4.98 Å². The standard InChI is InChI=1S/C21H22ClN5/c22-18-7-4-8-19(15-18)26-11-13-27(14-12-26)21-23-10-9-20(25-21)24-16-17-5-2-1-3-6-17/h1-10,15H,11-14,16H2,(H,23,24,25). The molecule has 27 heavy (non-hydrogen) atoms. The predicted molar refractivity (Wildman–Crippen MR) is 112 cm³/mol. The van der Waals surface area contributed by atoms with E-state index in [0.717, 1.165) is 49.5 Å². The van der Waals surface area contributed by atoms with Crippen LogP contribution in [0.1, 0.15) is 5.56 Å². The second kappa shape index (κ2) is 8.27. The van der Waals surface area contributed by atoms with Crippen molar-refractivity contribution >= 4 is 29.1 Å². The van der Waals surface area contributed by atoms with Crippen molar-refractivity contribution in [1.82, 2.24) is 9.97 Å². The van der Waals surface area contributed by atoms with Crippen LogP contribution in [0.4, 0.5) is 17.5 Å². The molecule has 0 radical (unpaired) electrons. The first-order valence-corrected chi connectivity index (χ1v) is 9.52. The molecule has 1 aliphatic rings. The number of anilines is 3. The summed E-state index contributed by atoms with van der Waals surface area (Å²) in [5, 5.41) is 4.15. The van der Waals surface area contributed by atoms with Crippen molar-refractivity contribution in [2.75, 3.05) is 41.3 Å². The highest BCUT2D eigenvalue weighted by Gasteiger charge is 2.19. The molecule has 1 N–H and O–H groups in total. The SMILES string of the molecule is Clc1cccc(N2CCN(c3nccc(NCc4ccccc4)n3)CC2)c1. The molecule has 2 heterocycles. The van der Waals surface area contributed by atoms with Gasteiger partial charge in [0.25, 0.3) is 0 Å². The van der Waals surface area contributed by atoms with E-state index >= 15 is 0 Å². The highest BCUT2D eigenvalue weighted by atomic mass is 35.5. The van der Waals surface area contributed by atoms with Gasteiger partial charge in [-0.3, -0.25) is 0 Å². The first kappa shape index (κ1) is 17.6. The summed E-state index contributed by atoms with van der Waals surface area (Å²) in [6, 6.07) is 20.2. The van der Waals surface area contributed by atoms with Crippen molar-refractivity contribution in [3.05, 3.63) is 77.4 Å². The van der Waals surface area contributed by atoms with Gasteiger partial charge in [-0.1, -0.05) is 48.0 Å². The maximum absolute atomic E-state index is 6.12. The van der Waals surface area contributed by atoms with Gasteiger partial charge >= 0.3 is 0 Å². The summed E-state index contributed by atoms with van der Waals surface area (Å²) >= 11 is 6.12. The molecule has 0 saturated carbocycles. The zero-order valence-electron chi connectivity index (χ0n) is 15.1. The van der Waals surface area contributed by atoms with Crippen molar-refractivity contribution < 1.29 is 0 Å². The van der Waals surface area contributed by atoms with Crippen LogP contribution in [0.15, 0.2) is 66.9 Å². The molecule has 138 valence electrons. The average molecular weight is 380 g/mol. The Kier molecular flexibility index (Phi) is 5.39. The third-order valence-electron chi connectivity index (χ3n) is 4.70. The number of halogens is 1. The summed E-state index contributed by atoms with van der Waals surface area (Å²) in [6.07, 6.45) is 1.82. The second-order valence-electron chi connectivity index (χ2n) is 6.54. The van der Waals surface area contributed by atoms with E-state index in [4.69, 9.17) is 11.6 Å². The van der Waals surface area contributed by atoms with Crippen LogP contribution in [0.3, 0.4) is 0 Å². The smallest absolute Gasteiger partial charge is 0.227 e. The van der Waals surface area contributed by atoms with E-state index < -0.39 is 0 Å². The number of benzene rings is 2. The molecule has 6 heteroatoms. The van der Waals surface area contributed by atoms with E-state index in [9.17, 15) is 0 Å². The van der Waals surface area contributed by atoms with Crippen molar-refractivity contribution in [3.8, 4) is 0 Å². The molecule has 0 unspecified atom stereocenters. The molecule has 4 rings (SSSR count).